The first-order chi connectivity index (χ1) is 14.0. The molecule has 1 fully saturated rings. The molecule has 6 nitrogen and oxygen atoms in total. The summed E-state index contributed by atoms with van der Waals surface area (Å²) in [7, 11) is 4.93. The van der Waals surface area contributed by atoms with Crippen molar-refractivity contribution in [2.45, 2.75) is 25.9 Å². The molecule has 2 atom stereocenters. The summed E-state index contributed by atoms with van der Waals surface area (Å²) in [6.07, 6.45) is 0.246. The number of hydrogen-bond donors (Lipinski definition) is 0. The van der Waals surface area contributed by atoms with Crippen LogP contribution in [-0.4, -0.2) is 49.4 Å². The zero-order chi connectivity index (χ0) is 21.0. The van der Waals surface area contributed by atoms with Crippen LogP contribution in [-0.2, 0) is 16.1 Å². The average Bonchev–Trinajstić information content (AvgIpc) is 3.14. The number of likely N-dealkylation sites (tertiary alicyclic amines) is 1. The summed E-state index contributed by atoms with van der Waals surface area (Å²) in [5.41, 5.74) is 1.94. The molecule has 29 heavy (non-hydrogen) atoms. The summed E-state index contributed by atoms with van der Waals surface area (Å²) in [6.45, 7) is 2.83. The van der Waals surface area contributed by atoms with Gasteiger partial charge in [-0.25, -0.2) is 0 Å². The molecule has 6 heteroatoms. The molecule has 0 N–H and O–H groups in total. The molecule has 0 aliphatic carbocycles. The number of ether oxygens (including phenoxy) is 2. The molecular weight excluding hydrogens is 368 g/mol. The number of carbonyl (C=O) groups is 2. The van der Waals surface area contributed by atoms with Crippen molar-refractivity contribution >= 4 is 11.8 Å². The highest BCUT2D eigenvalue weighted by molar-refractivity contribution is 5.89. The molecule has 0 unspecified atom stereocenters. The second-order valence-corrected chi connectivity index (χ2v) is 7.38. The molecule has 1 aliphatic heterocycles. The fourth-order valence-electron chi connectivity index (χ4n) is 3.91. The predicted molar refractivity (Wildman–Crippen MR) is 111 cm³/mol. The van der Waals surface area contributed by atoms with Crippen molar-refractivity contribution in [3.8, 4) is 11.5 Å². The lowest BCUT2D eigenvalue weighted by Crippen LogP contribution is -2.35. The van der Waals surface area contributed by atoms with Gasteiger partial charge in [-0.05, 0) is 18.6 Å². The van der Waals surface area contributed by atoms with E-state index >= 15 is 0 Å². The van der Waals surface area contributed by atoms with E-state index < -0.39 is 0 Å². The second-order valence-electron chi connectivity index (χ2n) is 7.38. The maximum atomic E-state index is 13.0. The highest BCUT2D eigenvalue weighted by atomic mass is 16.5. The van der Waals surface area contributed by atoms with Crippen molar-refractivity contribution in [2.75, 3.05) is 27.8 Å². The molecule has 1 saturated heterocycles. The Bertz CT molecular complexity index is 868. The largest absolute Gasteiger partial charge is 0.493 e. The van der Waals surface area contributed by atoms with Crippen molar-refractivity contribution in [2.24, 2.45) is 5.92 Å². The lowest BCUT2D eigenvalue weighted by Gasteiger charge is -2.26. The third-order valence-corrected chi connectivity index (χ3v) is 5.53. The number of nitrogens with zero attached hydrogens (tertiary/aromatic N) is 2. The zero-order valence-electron chi connectivity index (χ0n) is 17.4. The Morgan fingerprint density at radius 2 is 1.86 bits per heavy atom. The van der Waals surface area contributed by atoms with Crippen LogP contribution in [0.25, 0.3) is 0 Å². The second kappa shape index (κ2) is 8.99. The first-order valence-corrected chi connectivity index (χ1v) is 9.75. The van der Waals surface area contributed by atoms with Gasteiger partial charge in [0.05, 0.1) is 26.2 Å². The Hall–Kier alpha value is -3.02. The lowest BCUT2D eigenvalue weighted by molar-refractivity contribution is -0.135. The maximum absolute atomic E-state index is 13.0. The molecule has 1 heterocycles. The molecule has 0 saturated carbocycles. The van der Waals surface area contributed by atoms with Crippen LogP contribution in [0, 0.1) is 5.92 Å². The van der Waals surface area contributed by atoms with E-state index in [1.54, 1.807) is 31.1 Å². The van der Waals surface area contributed by atoms with E-state index in [2.05, 4.69) is 0 Å². The molecule has 2 aromatic carbocycles. The van der Waals surface area contributed by atoms with Crippen LogP contribution < -0.4 is 9.47 Å². The summed E-state index contributed by atoms with van der Waals surface area (Å²) in [6, 6.07) is 15.5. The topological polar surface area (TPSA) is 59.1 Å². The smallest absolute Gasteiger partial charge is 0.228 e. The van der Waals surface area contributed by atoms with Crippen molar-refractivity contribution in [3.05, 3.63) is 59.7 Å². The van der Waals surface area contributed by atoms with Crippen LogP contribution in [0.3, 0.4) is 0 Å². The van der Waals surface area contributed by atoms with Gasteiger partial charge in [-0.1, -0.05) is 42.5 Å². The van der Waals surface area contributed by atoms with Gasteiger partial charge in [0.1, 0.15) is 0 Å². The van der Waals surface area contributed by atoms with E-state index in [4.69, 9.17) is 9.47 Å². The molecule has 1 aliphatic rings. The average molecular weight is 396 g/mol. The van der Waals surface area contributed by atoms with Crippen molar-refractivity contribution in [1.82, 2.24) is 9.80 Å². The van der Waals surface area contributed by atoms with Gasteiger partial charge < -0.3 is 19.3 Å². The fraction of sp³-hybridized carbons (Fsp3) is 0.391. The molecule has 0 bridgehead atoms. The van der Waals surface area contributed by atoms with Gasteiger partial charge in [0, 0.05) is 32.1 Å². The monoisotopic (exact) mass is 396 g/mol. The third kappa shape index (κ3) is 4.36. The standard InChI is InChI=1S/C23H28N2O4/c1-16(17-9-6-5-7-10-17)25-15-19(13-21(25)26)23(27)24(2)14-18-11-8-12-20(28-3)22(18)29-4/h5-12,16,19H,13-15H2,1-4H3/t16-,19+/m1/s1. The van der Waals surface area contributed by atoms with Crippen LogP contribution >= 0.6 is 0 Å². The van der Waals surface area contributed by atoms with Gasteiger partial charge in [-0.3, -0.25) is 9.59 Å². The zero-order valence-corrected chi connectivity index (χ0v) is 17.4. The van der Waals surface area contributed by atoms with Crippen molar-refractivity contribution in [3.63, 3.8) is 0 Å². The van der Waals surface area contributed by atoms with E-state index in [1.165, 1.54) is 0 Å². The minimum absolute atomic E-state index is 0.0204. The first kappa shape index (κ1) is 20.7. The quantitative estimate of drug-likeness (QED) is 0.721. The predicted octanol–water partition coefficient (Wildman–Crippen LogP) is 3.27. The minimum atomic E-state index is -0.338. The van der Waals surface area contributed by atoms with Gasteiger partial charge in [0.25, 0.3) is 0 Å². The normalized spacial score (nSPS) is 17.2. The fourth-order valence-corrected chi connectivity index (χ4v) is 3.91. The number of methoxy groups -OCH3 is 2. The number of benzene rings is 2. The summed E-state index contributed by atoms with van der Waals surface area (Å²) in [5, 5.41) is 0. The Labute approximate surface area is 172 Å². The van der Waals surface area contributed by atoms with Gasteiger partial charge in [0.15, 0.2) is 11.5 Å². The first-order valence-electron chi connectivity index (χ1n) is 9.75. The molecule has 2 amide bonds. The van der Waals surface area contributed by atoms with Gasteiger partial charge in [-0.2, -0.15) is 0 Å². The Morgan fingerprint density at radius 3 is 2.52 bits per heavy atom. The highest BCUT2D eigenvalue weighted by Gasteiger charge is 2.38. The van der Waals surface area contributed by atoms with Gasteiger partial charge >= 0.3 is 0 Å². The number of amides is 2. The summed E-state index contributed by atoms with van der Waals surface area (Å²) in [5.74, 6) is 0.898. The van der Waals surface area contributed by atoms with E-state index in [1.807, 2.05) is 55.5 Å². The molecule has 3 rings (SSSR count). The molecule has 0 radical (unpaired) electrons. The molecule has 154 valence electrons. The van der Waals surface area contributed by atoms with Crippen molar-refractivity contribution < 1.29 is 19.1 Å². The van der Waals surface area contributed by atoms with Crippen molar-refractivity contribution in [1.29, 1.82) is 0 Å². The third-order valence-electron chi connectivity index (χ3n) is 5.53. The molecule has 0 aromatic heterocycles. The SMILES string of the molecule is COc1cccc(CN(C)C(=O)[C@H]2CC(=O)N([C@H](C)c3ccccc3)C2)c1OC. The van der Waals surface area contributed by atoms with E-state index in [-0.39, 0.29) is 30.2 Å². The lowest BCUT2D eigenvalue weighted by atomic mass is 10.1. The Morgan fingerprint density at radius 1 is 1.14 bits per heavy atom. The number of hydrogen-bond acceptors (Lipinski definition) is 4. The number of carbonyl (C=O) groups excluding carboxylic acids is 2. The van der Waals surface area contributed by atoms with E-state index in [9.17, 15) is 9.59 Å². The summed E-state index contributed by atoms with van der Waals surface area (Å²) >= 11 is 0. The molecule has 0 spiro atoms. The number of para-hydroxylation sites is 1. The summed E-state index contributed by atoms with van der Waals surface area (Å²) in [4.78, 5) is 29.1. The van der Waals surface area contributed by atoms with E-state index in [0.29, 0.717) is 24.6 Å². The Balaban J connectivity index is 1.69. The van der Waals surface area contributed by atoms with Crippen LogP contribution in [0.5, 0.6) is 11.5 Å². The van der Waals surface area contributed by atoms with E-state index in [0.717, 1.165) is 11.1 Å². The van der Waals surface area contributed by atoms with Crippen LogP contribution in [0.2, 0.25) is 0 Å². The molecule has 2 aromatic rings. The van der Waals surface area contributed by atoms with Crippen LogP contribution in [0.15, 0.2) is 48.5 Å². The molecular formula is C23H28N2O4. The van der Waals surface area contributed by atoms with Gasteiger partial charge in [-0.15, -0.1) is 0 Å². The Kier molecular flexibility index (Phi) is 6.42. The number of rotatable bonds is 7. The minimum Gasteiger partial charge on any atom is -0.493 e. The highest BCUT2D eigenvalue weighted by Crippen LogP contribution is 2.33. The maximum Gasteiger partial charge on any atom is 0.228 e. The van der Waals surface area contributed by atoms with Gasteiger partial charge in [0.2, 0.25) is 11.8 Å². The van der Waals surface area contributed by atoms with Crippen LogP contribution in [0.1, 0.15) is 30.5 Å². The summed E-state index contributed by atoms with van der Waals surface area (Å²) < 4.78 is 10.8. The van der Waals surface area contributed by atoms with Crippen LogP contribution in [0.4, 0.5) is 0 Å².